The highest BCUT2D eigenvalue weighted by atomic mass is 35.5. The van der Waals surface area contributed by atoms with Crippen molar-refractivity contribution in [3.05, 3.63) is 53.3 Å². The van der Waals surface area contributed by atoms with Gasteiger partial charge < -0.3 is 10.2 Å². The molecule has 0 aromatic heterocycles. The second kappa shape index (κ2) is 8.48. The minimum atomic E-state index is -4.22. The number of hydrogen-bond donors (Lipinski definition) is 2. The second-order valence-corrected chi connectivity index (χ2v) is 8.67. The van der Waals surface area contributed by atoms with E-state index in [4.69, 9.17) is 11.6 Å². The monoisotopic (exact) mass is 439 g/mol. The van der Waals surface area contributed by atoms with Gasteiger partial charge in [0.25, 0.3) is 0 Å². The Bertz CT molecular complexity index is 1060. The Morgan fingerprint density at radius 2 is 1.97 bits per heavy atom. The molecule has 2 amide bonds. The highest BCUT2D eigenvalue weighted by Gasteiger charge is 2.26. The van der Waals surface area contributed by atoms with Crippen molar-refractivity contribution in [1.82, 2.24) is 4.72 Å². The number of benzene rings is 2. The number of nitrogens with zero attached hydrogens (tertiary/aromatic N) is 1. The van der Waals surface area contributed by atoms with Gasteiger partial charge in [-0.15, -0.1) is 0 Å². The first kappa shape index (κ1) is 21.2. The fourth-order valence-electron chi connectivity index (χ4n) is 2.97. The van der Waals surface area contributed by atoms with Gasteiger partial charge in [0, 0.05) is 18.7 Å². The molecule has 0 unspecified atom stereocenters. The van der Waals surface area contributed by atoms with Gasteiger partial charge in [-0.3, -0.25) is 9.59 Å². The van der Waals surface area contributed by atoms with Crippen LogP contribution in [0.5, 0.6) is 0 Å². The topological polar surface area (TPSA) is 95.6 Å². The van der Waals surface area contributed by atoms with E-state index in [0.29, 0.717) is 24.3 Å². The van der Waals surface area contributed by atoms with Crippen molar-refractivity contribution in [2.24, 2.45) is 0 Å². The maximum Gasteiger partial charge on any atom is 0.244 e. The van der Waals surface area contributed by atoms with Crippen molar-refractivity contribution in [2.75, 3.05) is 16.8 Å². The second-order valence-electron chi connectivity index (χ2n) is 6.58. The number of halogens is 2. The largest absolute Gasteiger partial charge is 0.325 e. The van der Waals surface area contributed by atoms with Gasteiger partial charge in [-0.05, 0) is 43.7 Å². The summed E-state index contributed by atoms with van der Waals surface area (Å²) in [5.41, 5.74) is 0.896. The maximum atomic E-state index is 13.8. The number of sulfonamides is 1. The van der Waals surface area contributed by atoms with Gasteiger partial charge in [-0.2, -0.15) is 4.72 Å². The zero-order valence-corrected chi connectivity index (χ0v) is 17.1. The Balaban J connectivity index is 1.69. The molecule has 154 valence electrons. The minimum absolute atomic E-state index is 0.0140. The van der Waals surface area contributed by atoms with Crippen LogP contribution < -0.4 is 14.9 Å². The summed E-state index contributed by atoms with van der Waals surface area (Å²) >= 11 is 6.24. The van der Waals surface area contributed by atoms with Crippen LogP contribution >= 0.6 is 11.6 Å². The number of rotatable bonds is 6. The molecular formula is C19H19ClFN3O4S. The number of amides is 2. The van der Waals surface area contributed by atoms with E-state index in [-0.39, 0.29) is 10.9 Å². The summed E-state index contributed by atoms with van der Waals surface area (Å²) in [7, 11) is -4.22. The van der Waals surface area contributed by atoms with E-state index >= 15 is 0 Å². The van der Waals surface area contributed by atoms with Crippen LogP contribution in [0.1, 0.15) is 19.8 Å². The van der Waals surface area contributed by atoms with E-state index in [1.54, 1.807) is 17.0 Å². The molecule has 1 saturated heterocycles. The van der Waals surface area contributed by atoms with Gasteiger partial charge in [-0.25, -0.2) is 12.8 Å². The molecule has 0 saturated carbocycles. The van der Waals surface area contributed by atoms with E-state index in [1.807, 2.05) is 0 Å². The molecule has 0 radical (unpaired) electrons. The maximum absolute atomic E-state index is 13.8. The van der Waals surface area contributed by atoms with Crippen molar-refractivity contribution in [3.63, 3.8) is 0 Å². The summed E-state index contributed by atoms with van der Waals surface area (Å²) in [5.74, 6) is -1.57. The molecule has 2 N–H and O–H groups in total. The van der Waals surface area contributed by atoms with Crippen molar-refractivity contribution in [1.29, 1.82) is 0 Å². The SMILES string of the molecule is C[C@@H](NS(=O)(=O)c1ccccc1F)C(=O)Nc1ccc(N2CCCC2=O)c(Cl)c1. The van der Waals surface area contributed by atoms with Crippen LogP contribution in [-0.4, -0.2) is 32.8 Å². The lowest BCUT2D eigenvalue weighted by Crippen LogP contribution is -2.41. The third kappa shape index (κ3) is 4.75. The van der Waals surface area contributed by atoms with E-state index < -0.39 is 32.7 Å². The predicted molar refractivity (Wildman–Crippen MR) is 108 cm³/mol. The lowest BCUT2D eigenvalue weighted by Gasteiger charge is -2.19. The molecule has 3 rings (SSSR count). The van der Waals surface area contributed by atoms with Crippen molar-refractivity contribution >= 4 is 44.8 Å². The standard InChI is InChI=1S/C19H19ClFN3O4S/c1-12(23-29(27,28)17-6-3-2-5-15(17)21)19(26)22-13-8-9-16(14(20)11-13)24-10-4-7-18(24)25/h2-3,5-6,8-9,11-12,23H,4,7,10H2,1H3,(H,22,26)/t12-/m1/s1. The molecule has 29 heavy (non-hydrogen) atoms. The quantitative estimate of drug-likeness (QED) is 0.723. The third-order valence-electron chi connectivity index (χ3n) is 4.43. The van der Waals surface area contributed by atoms with Gasteiger partial charge in [0.2, 0.25) is 21.8 Å². The lowest BCUT2D eigenvalue weighted by molar-refractivity contribution is -0.118. The number of carbonyl (C=O) groups excluding carboxylic acids is 2. The molecule has 1 fully saturated rings. The summed E-state index contributed by atoms with van der Waals surface area (Å²) in [6.45, 7) is 1.92. The zero-order valence-electron chi connectivity index (χ0n) is 15.5. The molecular weight excluding hydrogens is 421 g/mol. The van der Waals surface area contributed by atoms with E-state index in [9.17, 15) is 22.4 Å². The normalized spacial score (nSPS) is 15.4. The molecule has 1 heterocycles. The fraction of sp³-hybridized carbons (Fsp3) is 0.263. The molecule has 1 aliphatic heterocycles. The summed E-state index contributed by atoms with van der Waals surface area (Å²) in [6.07, 6.45) is 1.22. The molecule has 1 atom stereocenters. The van der Waals surface area contributed by atoms with Crippen molar-refractivity contribution in [3.8, 4) is 0 Å². The first-order chi connectivity index (χ1) is 13.7. The van der Waals surface area contributed by atoms with Gasteiger partial charge in [0.05, 0.1) is 16.8 Å². The van der Waals surface area contributed by atoms with Crippen LogP contribution in [0.25, 0.3) is 0 Å². The van der Waals surface area contributed by atoms with Gasteiger partial charge in [-0.1, -0.05) is 23.7 Å². The van der Waals surface area contributed by atoms with Crippen LogP contribution in [0.2, 0.25) is 5.02 Å². The van der Waals surface area contributed by atoms with Gasteiger partial charge >= 0.3 is 0 Å². The van der Waals surface area contributed by atoms with Gasteiger partial charge in [0.15, 0.2) is 0 Å². The Morgan fingerprint density at radius 1 is 1.24 bits per heavy atom. The third-order valence-corrected chi connectivity index (χ3v) is 6.31. The summed E-state index contributed by atoms with van der Waals surface area (Å²) in [6, 6.07) is 8.40. The number of nitrogens with one attached hydrogen (secondary N) is 2. The minimum Gasteiger partial charge on any atom is -0.325 e. The average Bonchev–Trinajstić information content (AvgIpc) is 3.07. The van der Waals surface area contributed by atoms with Crippen LogP contribution in [0, 0.1) is 5.82 Å². The van der Waals surface area contributed by atoms with Crippen LogP contribution in [0.4, 0.5) is 15.8 Å². The summed E-state index contributed by atoms with van der Waals surface area (Å²) in [4.78, 5) is 25.3. The van der Waals surface area contributed by atoms with E-state index in [0.717, 1.165) is 18.6 Å². The number of anilines is 2. The molecule has 7 nitrogen and oxygen atoms in total. The van der Waals surface area contributed by atoms with Crippen molar-refractivity contribution in [2.45, 2.75) is 30.7 Å². The first-order valence-corrected chi connectivity index (χ1v) is 10.7. The molecule has 0 spiro atoms. The lowest BCUT2D eigenvalue weighted by atomic mass is 10.2. The van der Waals surface area contributed by atoms with Crippen LogP contribution in [0.15, 0.2) is 47.4 Å². The first-order valence-electron chi connectivity index (χ1n) is 8.86. The highest BCUT2D eigenvalue weighted by Crippen LogP contribution is 2.31. The van der Waals surface area contributed by atoms with Crippen LogP contribution in [0.3, 0.4) is 0 Å². The van der Waals surface area contributed by atoms with E-state index in [2.05, 4.69) is 10.0 Å². The zero-order chi connectivity index (χ0) is 21.2. The average molecular weight is 440 g/mol. The fourth-order valence-corrected chi connectivity index (χ4v) is 4.53. The molecule has 0 bridgehead atoms. The van der Waals surface area contributed by atoms with Crippen LogP contribution in [-0.2, 0) is 19.6 Å². The highest BCUT2D eigenvalue weighted by molar-refractivity contribution is 7.89. The molecule has 10 heteroatoms. The Labute approximate surface area is 172 Å². The van der Waals surface area contributed by atoms with Crippen molar-refractivity contribution < 1.29 is 22.4 Å². The summed E-state index contributed by atoms with van der Waals surface area (Å²) in [5, 5.41) is 2.84. The molecule has 2 aromatic carbocycles. The van der Waals surface area contributed by atoms with Gasteiger partial charge in [0.1, 0.15) is 10.7 Å². The summed E-state index contributed by atoms with van der Waals surface area (Å²) < 4.78 is 40.5. The number of hydrogen-bond acceptors (Lipinski definition) is 4. The number of carbonyl (C=O) groups is 2. The molecule has 1 aliphatic rings. The molecule has 0 aliphatic carbocycles. The predicted octanol–water partition coefficient (Wildman–Crippen LogP) is 2.91. The Hall–Kier alpha value is -2.49. The Morgan fingerprint density at radius 3 is 2.59 bits per heavy atom. The van der Waals surface area contributed by atoms with E-state index in [1.165, 1.54) is 25.1 Å². The Kier molecular flexibility index (Phi) is 6.21. The smallest absolute Gasteiger partial charge is 0.244 e. The molecule has 2 aromatic rings.